The van der Waals surface area contributed by atoms with E-state index in [-0.39, 0.29) is 24.0 Å². The molecule has 1 nitrogen and oxygen atoms in total. The van der Waals surface area contributed by atoms with Gasteiger partial charge in [0.15, 0.2) is 0 Å². The van der Waals surface area contributed by atoms with E-state index < -0.39 is 0 Å². The Balaban J connectivity index is 0.000000810. The van der Waals surface area contributed by atoms with Crippen molar-refractivity contribution in [3.05, 3.63) is 0 Å². The molecule has 1 saturated heterocycles. The molecule has 10 heavy (non-hydrogen) atoms. The van der Waals surface area contributed by atoms with Gasteiger partial charge in [0.1, 0.15) is 0 Å². The Morgan fingerprint density at radius 1 is 1.20 bits per heavy atom. The van der Waals surface area contributed by atoms with Crippen LogP contribution in [0.1, 0.15) is 12.8 Å². The molecule has 0 amide bonds. The van der Waals surface area contributed by atoms with Gasteiger partial charge in [-0.15, -0.1) is 11.6 Å². The summed E-state index contributed by atoms with van der Waals surface area (Å²) < 4.78 is 1.16. The van der Waals surface area contributed by atoms with E-state index in [2.05, 4.69) is 14.1 Å². The van der Waals surface area contributed by atoms with Crippen LogP contribution in [0.3, 0.4) is 0 Å². The van der Waals surface area contributed by atoms with Crippen LogP contribution in [0.2, 0.25) is 0 Å². The van der Waals surface area contributed by atoms with Gasteiger partial charge < -0.3 is 28.5 Å². The molecule has 0 aromatic carbocycles. The molecule has 0 atom stereocenters. The lowest BCUT2D eigenvalue weighted by atomic mass is 10.1. The fraction of sp³-hybridized carbons (Fsp3) is 1.00. The molecule has 0 bridgehead atoms. The Kier molecular flexibility index (Phi) is 4.52. The number of quaternary nitrogens is 1. The molecule has 1 fully saturated rings. The minimum absolute atomic E-state index is 0. The van der Waals surface area contributed by atoms with Gasteiger partial charge in [-0.3, -0.25) is 0 Å². The van der Waals surface area contributed by atoms with E-state index in [0.29, 0.717) is 5.38 Å². The van der Waals surface area contributed by atoms with Gasteiger partial charge in [0.05, 0.1) is 27.2 Å². The first-order valence-electron chi connectivity index (χ1n) is 3.56. The minimum Gasteiger partial charge on any atom is -1.00 e. The van der Waals surface area contributed by atoms with Crippen LogP contribution in [0.25, 0.3) is 0 Å². The van der Waals surface area contributed by atoms with Crippen LogP contribution in [-0.4, -0.2) is 37.0 Å². The van der Waals surface area contributed by atoms with E-state index in [1.165, 1.54) is 25.9 Å². The molecule has 0 saturated carbocycles. The number of alkyl halides is 1. The smallest absolute Gasteiger partial charge is 0.0796 e. The van der Waals surface area contributed by atoms with E-state index in [9.17, 15) is 0 Å². The zero-order valence-corrected chi connectivity index (χ0v) is 9.52. The van der Waals surface area contributed by atoms with Gasteiger partial charge in [-0.05, 0) is 0 Å². The van der Waals surface area contributed by atoms with E-state index in [1.54, 1.807) is 0 Å². The molecule has 0 aromatic rings. The summed E-state index contributed by atoms with van der Waals surface area (Å²) in [6.45, 7) is 2.49. The molecule has 0 unspecified atom stereocenters. The first kappa shape index (κ1) is 11.0. The van der Waals surface area contributed by atoms with Crippen LogP contribution in [0, 0.1) is 0 Å². The van der Waals surface area contributed by atoms with Gasteiger partial charge in [0.2, 0.25) is 0 Å². The Hall–Kier alpha value is 0.980. The SMILES string of the molecule is C[N+]1(C)CCC(Cl)CC1.[I-]. The standard InChI is InChI=1S/C7H15ClN.HI/c1-9(2)5-3-7(8)4-6-9;/h7H,3-6H2,1-2H3;1H/q+1;/p-1. The first-order valence-corrected chi connectivity index (χ1v) is 4.00. The average Bonchev–Trinajstić information content (AvgIpc) is 1.78. The minimum atomic E-state index is 0. The summed E-state index contributed by atoms with van der Waals surface area (Å²) >= 11 is 5.93. The molecule has 1 rings (SSSR count). The maximum absolute atomic E-state index is 5.93. The predicted molar refractivity (Wildman–Crippen MR) is 40.7 cm³/mol. The highest BCUT2D eigenvalue weighted by Crippen LogP contribution is 2.18. The van der Waals surface area contributed by atoms with Crippen molar-refractivity contribution in [3.8, 4) is 0 Å². The fourth-order valence-corrected chi connectivity index (χ4v) is 1.43. The molecule has 0 aliphatic carbocycles. The summed E-state index contributed by atoms with van der Waals surface area (Å²) in [5, 5.41) is 0.455. The van der Waals surface area contributed by atoms with Crippen molar-refractivity contribution in [1.82, 2.24) is 0 Å². The van der Waals surface area contributed by atoms with Gasteiger partial charge >= 0.3 is 0 Å². The van der Waals surface area contributed by atoms with Crippen molar-refractivity contribution in [2.75, 3.05) is 27.2 Å². The quantitative estimate of drug-likeness (QED) is 0.286. The Bertz CT molecular complexity index is 95.8. The van der Waals surface area contributed by atoms with Crippen LogP contribution in [-0.2, 0) is 0 Å². The third-order valence-electron chi connectivity index (χ3n) is 2.10. The topological polar surface area (TPSA) is 0 Å². The Labute approximate surface area is 85.3 Å². The van der Waals surface area contributed by atoms with Crippen molar-refractivity contribution in [2.45, 2.75) is 18.2 Å². The van der Waals surface area contributed by atoms with E-state index in [4.69, 9.17) is 11.6 Å². The lowest BCUT2D eigenvalue weighted by molar-refractivity contribution is -0.894. The normalized spacial score (nSPS) is 25.5. The fourth-order valence-electron chi connectivity index (χ4n) is 1.24. The first-order chi connectivity index (χ1) is 4.10. The molecular weight excluding hydrogens is 260 g/mol. The van der Waals surface area contributed by atoms with Crippen molar-refractivity contribution < 1.29 is 28.5 Å². The molecule has 1 heterocycles. The average molecular weight is 276 g/mol. The van der Waals surface area contributed by atoms with Gasteiger partial charge in [0.25, 0.3) is 0 Å². The number of nitrogens with zero attached hydrogens (tertiary/aromatic N) is 1. The number of hydrogen-bond acceptors (Lipinski definition) is 0. The lowest BCUT2D eigenvalue weighted by Crippen LogP contribution is -3.00. The number of rotatable bonds is 0. The summed E-state index contributed by atoms with van der Waals surface area (Å²) in [5.74, 6) is 0. The summed E-state index contributed by atoms with van der Waals surface area (Å²) in [6, 6.07) is 0. The highest BCUT2D eigenvalue weighted by molar-refractivity contribution is 6.20. The molecule has 0 aromatic heterocycles. The summed E-state index contributed by atoms with van der Waals surface area (Å²) in [5.41, 5.74) is 0. The second kappa shape index (κ2) is 4.12. The van der Waals surface area contributed by atoms with E-state index in [1.807, 2.05) is 0 Å². The predicted octanol–water partition coefficient (Wildman–Crippen LogP) is -1.53. The number of likely N-dealkylation sites (tertiary alicyclic amines) is 1. The van der Waals surface area contributed by atoms with Crippen LogP contribution >= 0.6 is 11.6 Å². The van der Waals surface area contributed by atoms with Gasteiger partial charge in [-0.25, -0.2) is 0 Å². The Morgan fingerprint density at radius 3 is 1.90 bits per heavy atom. The number of piperidine rings is 1. The Morgan fingerprint density at radius 2 is 1.60 bits per heavy atom. The molecule has 0 spiro atoms. The summed E-state index contributed by atoms with van der Waals surface area (Å²) in [7, 11) is 4.53. The lowest BCUT2D eigenvalue weighted by Gasteiger charge is -2.35. The van der Waals surface area contributed by atoms with Crippen LogP contribution in [0.15, 0.2) is 0 Å². The zero-order valence-electron chi connectivity index (χ0n) is 6.61. The van der Waals surface area contributed by atoms with Crippen molar-refractivity contribution >= 4 is 11.6 Å². The highest BCUT2D eigenvalue weighted by atomic mass is 127. The molecular formula is C7H15ClIN. The maximum Gasteiger partial charge on any atom is 0.0796 e. The van der Waals surface area contributed by atoms with Gasteiger partial charge in [0, 0.05) is 18.2 Å². The molecule has 0 radical (unpaired) electrons. The molecule has 1 aliphatic heterocycles. The third kappa shape index (κ3) is 3.39. The zero-order chi connectivity index (χ0) is 6.91. The second-order valence-corrected chi connectivity index (χ2v) is 4.17. The summed E-state index contributed by atoms with van der Waals surface area (Å²) in [6.07, 6.45) is 2.38. The van der Waals surface area contributed by atoms with Gasteiger partial charge in [-0.1, -0.05) is 0 Å². The van der Waals surface area contributed by atoms with Crippen LogP contribution in [0.5, 0.6) is 0 Å². The highest BCUT2D eigenvalue weighted by Gasteiger charge is 2.23. The summed E-state index contributed by atoms with van der Waals surface area (Å²) in [4.78, 5) is 0. The number of hydrogen-bond donors (Lipinski definition) is 0. The molecule has 62 valence electrons. The molecule has 0 N–H and O–H groups in total. The number of halogens is 2. The van der Waals surface area contributed by atoms with E-state index >= 15 is 0 Å². The second-order valence-electron chi connectivity index (χ2n) is 3.56. The van der Waals surface area contributed by atoms with Crippen molar-refractivity contribution in [3.63, 3.8) is 0 Å². The molecule has 1 aliphatic rings. The van der Waals surface area contributed by atoms with Crippen LogP contribution < -0.4 is 24.0 Å². The van der Waals surface area contributed by atoms with Gasteiger partial charge in [-0.2, -0.15) is 0 Å². The van der Waals surface area contributed by atoms with Crippen molar-refractivity contribution in [2.24, 2.45) is 0 Å². The third-order valence-corrected chi connectivity index (χ3v) is 2.53. The van der Waals surface area contributed by atoms with Crippen LogP contribution in [0.4, 0.5) is 0 Å². The molecule has 3 heteroatoms. The monoisotopic (exact) mass is 275 g/mol. The van der Waals surface area contributed by atoms with Crippen molar-refractivity contribution in [1.29, 1.82) is 0 Å². The largest absolute Gasteiger partial charge is 1.00 e. The maximum atomic E-state index is 5.93. The van der Waals surface area contributed by atoms with E-state index in [0.717, 1.165) is 4.48 Å².